The highest BCUT2D eigenvalue weighted by atomic mass is 127. The average Bonchev–Trinajstić information content (AvgIpc) is 2.64. The van der Waals surface area contributed by atoms with Crippen LogP contribution in [0.4, 0.5) is 0 Å². The fraction of sp³-hybridized carbons (Fsp3) is 0.600. The van der Waals surface area contributed by atoms with Crippen molar-refractivity contribution in [2.45, 2.75) is 53.0 Å². The van der Waals surface area contributed by atoms with Crippen LogP contribution in [-0.4, -0.2) is 31.6 Å². The molecular weight excluding hydrogens is 455 g/mol. The molecule has 27 heavy (non-hydrogen) atoms. The summed E-state index contributed by atoms with van der Waals surface area (Å²) in [6.07, 6.45) is 4.93. The van der Waals surface area contributed by atoms with Crippen LogP contribution in [0.2, 0.25) is 0 Å². The van der Waals surface area contributed by atoms with Crippen LogP contribution in [0, 0.1) is 5.92 Å². The number of nitrogens with two attached hydrogens (primary N) is 1. The monoisotopic (exact) mass is 490 g/mol. The molecular formula is C20H35IN4O2. The van der Waals surface area contributed by atoms with E-state index in [-0.39, 0.29) is 30.6 Å². The van der Waals surface area contributed by atoms with Crippen molar-refractivity contribution in [1.29, 1.82) is 0 Å². The molecule has 1 aromatic carbocycles. The summed E-state index contributed by atoms with van der Waals surface area (Å²) < 4.78 is 5.34. The number of carbonyl (C=O) groups excluding carboxylic acids is 1. The third-order valence-corrected chi connectivity index (χ3v) is 4.14. The first-order valence-corrected chi connectivity index (χ1v) is 9.61. The smallest absolute Gasteiger partial charge is 0.255 e. The molecule has 7 heteroatoms. The van der Waals surface area contributed by atoms with Crippen molar-refractivity contribution in [3.63, 3.8) is 0 Å². The summed E-state index contributed by atoms with van der Waals surface area (Å²) in [5.41, 5.74) is 6.12. The van der Waals surface area contributed by atoms with E-state index in [4.69, 9.17) is 10.5 Å². The summed E-state index contributed by atoms with van der Waals surface area (Å²) in [6.45, 7) is 8.70. The van der Waals surface area contributed by atoms with Crippen molar-refractivity contribution in [3.8, 4) is 5.75 Å². The Labute approximate surface area is 180 Å². The van der Waals surface area contributed by atoms with Gasteiger partial charge in [-0.15, -0.1) is 24.0 Å². The third kappa shape index (κ3) is 11.7. The lowest BCUT2D eigenvalue weighted by Crippen LogP contribution is -2.39. The Morgan fingerprint density at radius 3 is 2.67 bits per heavy atom. The summed E-state index contributed by atoms with van der Waals surface area (Å²) in [6, 6.07) is 7.56. The lowest BCUT2D eigenvalue weighted by molar-refractivity contribution is -0.119. The molecule has 0 fully saturated rings. The van der Waals surface area contributed by atoms with Crippen LogP contribution in [0.25, 0.3) is 0 Å². The van der Waals surface area contributed by atoms with Gasteiger partial charge in [0.15, 0.2) is 12.6 Å². The van der Waals surface area contributed by atoms with Gasteiger partial charge in [0.1, 0.15) is 5.75 Å². The van der Waals surface area contributed by atoms with Crippen LogP contribution < -0.4 is 21.1 Å². The quantitative estimate of drug-likeness (QED) is 0.238. The number of rotatable bonds is 12. The molecule has 154 valence electrons. The Balaban J connectivity index is 0.00000676. The Morgan fingerprint density at radius 1 is 1.26 bits per heavy atom. The van der Waals surface area contributed by atoms with E-state index in [1.165, 1.54) is 25.7 Å². The van der Waals surface area contributed by atoms with E-state index in [9.17, 15) is 4.79 Å². The lowest BCUT2D eigenvalue weighted by Gasteiger charge is -2.18. The molecule has 0 saturated carbocycles. The van der Waals surface area contributed by atoms with Crippen LogP contribution in [-0.2, 0) is 11.3 Å². The van der Waals surface area contributed by atoms with Gasteiger partial charge in [-0.1, -0.05) is 45.2 Å². The highest BCUT2D eigenvalue weighted by molar-refractivity contribution is 14.0. The molecule has 4 N–H and O–H groups in total. The molecule has 1 rings (SSSR count). The molecule has 0 radical (unpaired) electrons. The van der Waals surface area contributed by atoms with Crippen molar-refractivity contribution in [1.82, 2.24) is 10.6 Å². The number of unbranched alkanes of at least 4 members (excludes halogenated alkanes) is 1. The number of benzene rings is 1. The summed E-state index contributed by atoms with van der Waals surface area (Å²) in [5, 5.41) is 6.74. The standard InChI is InChI=1S/C20H34N4O2.HI/c1-4-7-9-16(5-2)13-23-20(22-6-3)24-14-17-10-8-11-18(12-17)26-15-19(21)25;/h8,10-12,16H,4-7,9,13-15H2,1-3H3,(H2,21,25)(H2,22,23,24);1H. The van der Waals surface area contributed by atoms with Crippen molar-refractivity contribution in [3.05, 3.63) is 29.8 Å². The highest BCUT2D eigenvalue weighted by Crippen LogP contribution is 2.14. The van der Waals surface area contributed by atoms with Gasteiger partial charge in [-0.25, -0.2) is 4.99 Å². The lowest BCUT2D eigenvalue weighted by atomic mass is 9.99. The summed E-state index contributed by atoms with van der Waals surface area (Å²) in [7, 11) is 0. The maximum absolute atomic E-state index is 10.8. The molecule has 0 aliphatic heterocycles. The molecule has 0 bridgehead atoms. The molecule has 0 aromatic heterocycles. The second-order valence-electron chi connectivity index (χ2n) is 6.39. The molecule has 0 aliphatic carbocycles. The number of carbonyl (C=O) groups is 1. The van der Waals surface area contributed by atoms with E-state index >= 15 is 0 Å². The first kappa shape index (κ1) is 25.5. The number of halogens is 1. The number of amides is 1. The Hall–Kier alpha value is -1.51. The van der Waals surface area contributed by atoms with Crippen LogP contribution in [0.15, 0.2) is 29.3 Å². The largest absolute Gasteiger partial charge is 0.484 e. The number of nitrogens with zero attached hydrogens (tertiary/aromatic N) is 1. The van der Waals surface area contributed by atoms with Gasteiger partial charge in [-0.2, -0.15) is 0 Å². The van der Waals surface area contributed by atoms with Gasteiger partial charge in [-0.05, 0) is 37.0 Å². The number of aliphatic imine (C=N–C) groups is 1. The van der Waals surface area contributed by atoms with Gasteiger partial charge in [0, 0.05) is 13.1 Å². The SMILES string of the molecule is CCCCC(CC)CNC(=NCc1cccc(OCC(N)=O)c1)NCC.I. The normalized spacial score (nSPS) is 12.0. The Morgan fingerprint density at radius 2 is 2.04 bits per heavy atom. The number of ether oxygens (including phenoxy) is 1. The van der Waals surface area contributed by atoms with E-state index in [2.05, 4.69) is 36.4 Å². The maximum atomic E-state index is 10.8. The minimum Gasteiger partial charge on any atom is -0.484 e. The molecule has 1 aromatic rings. The maximum Gasteiger partial charge on any atom is 0.255 e. The fourth-order valence-corrected chi connectivity index (χ4v) is 2.58. The summed E-state index contributed by atoms with van der Waals surface area (Å²) >= 11 is 0. The van der Waals surface area contributed by atoms with Crippen molar-refractivity contribution >= 4 is 35.8 Å². The predicted molar refractivity (Wildman–Crippen MR) is 123 cm³/mol. The van der Waals surface area contributed by atoms with E-state index in [0.29, 0.717) is 18.2 Å². The molecule has 0 heterocycles. The van der Waals surface area contributed by atoms with E-state index in [1.807, 2.05) is 18.2 Å². The first-order valence-electron chi connectivity index (χ1n) is 9.61. The van der Waals surface area contributed by atoms with Gasteiger partial charge in [0.2, 0.25) is 0 Å². The molecule has 0 spiro atoms. The minimum atomic E-state index is -0.486. The van der Waals surface area contributed by atoms with E-state index in [1.54, 1.807) is 6.07 Å². The topological polar surface area (TPSA) is 88.7 Å². The van der Waals surface area contributed by atoms with E-state index in [0.717, 1.165) is 24.6 Å². The van der Waals surface area contributed by atoms with Crippen LogP contribution in [0.5, 0.6) is 5.75 Å². The van der Waals surface area contributed by atoms with Gasteiger partial charge < -0.3 is 21.1 Å². The first-order chi connectivity index (χ1) is 12.6. The van der Waals surface area contributed by atoms with Gasteiger partial charge in [0.05, 0.1) is 6.54 Å². The zero-order valence-corrected chi connectivity index (χ0v) is 19.1. The highest BCUT2D eigenvalue weighted by Gasteiger charge is 2.07. The number of guanidine groups is 1. The number of hydrogen-bond acceptors (Lipinski definition) is 3. The van der Waals surface area contributed by atoms with Crippen LogP contribution in [0.1, 0.15) is 52.0 Å². The van der Waals surface area contributed by atoms with E-state index < -0.39 is 5.91 Å². The molecule has 1 unspecified atom stereocenters. The number of primary amides is 1. The summed E-state index contributed by atoms with van der Waals surface area (Å²) in [4.78, 5) is 15.5. The van der Waals surface area contributed by atoms with Gasteiger partial charge in [-0.3, -0.25) is 4.79 Å². The van der Waals surface area contributed by atoms with Crippen LogP contribution in [0.3, 0.4) is 0 Å². The average molecular weight is 490 g/mol. The van der Waals surface area contributed by atoms with Crippen LogP contribution >= 0.6 is 24.0 Å². The Bertz CT molecular complexity index is 567. The van der Waals surface area contributed by atoms with Crippen molar-refractivity contribution in [2.75, 3.05) is 19.7 Å². The number of nitrogens with one attached hydrogen (secondary N) is 2. The zero-order chi connectivity index (χ0) is 19.2. The molecule has 6 nitrogen and oxygen atoms in total. The molecule has 0 saturated heterocycles. The van der Waals surface area contributed by atoms with Crippen molar-refractivity contribution < 1.29 is 9.53 Å². The Kier molecular flexibility index (Phi) is 14.7. The predicted octanol–water partition coefficient (Wildman–Crippen LogP) is 3.44. The second kappa shape index (κ2) is 15.5. The fourth-order valence-electron chi connectivity index (χ4n) is 2.58. The minimum absolute atomic E-state index is 0. The van der Waals surface area contributed by atoms with Gasteiger partial charge >= 0.3 is 0 Å². The number of hydrogen-bond donors (Lipinski definition) is 3. The zero-order valence-electron chi connectivity index (χ0n) is 16.8. The molecule has 1 amide bonds. The molecule has 1 atom stereocenters. The van der Waals surface area contributed by atoms with Gasteiger partial charge in [0.25, 0.3) is 5.91 Å². The summed E-state index contributed by atoms with van der Waals surface area (Å²) in [5.74, 6) is 1.64. The van der Waals surface area contributed by atoms with Crippen molar-refractivity contribution in [2.24, 2.45) is 16.6 Å². The third-order valence-electron chi connectivity index (χ3n) is 4.14. The molecule has 0 aliphatic rings. The second-order valence-corrected chi connectivity index (χ2v) is 6.39.